The van der Waals surface area contributed by atoms with Gasteiger partial charge in [0.2, 0.25) is 5.91 Å². The normalized spacial score (nSPS) is 10.8. The van der Waals surface area contributed by atoms with Crippen LogP contribution in [0.2, 0.25) is 0 Å². The van der Waals surface area contributed by atoms with Crippen LogP contribution in [0.5, 0.6) is 0 Å². The molecule has 0 atom stereocenters. The van der Waals surface area contributed by atoms with Crippen molar-refractivity contribution in [3.05, 3.63) is 35.4 Å². The molecule has 7 heteroatoms. The van der Waals surface area contributed by atoms with Crippen molar-refractivity contribution in [3.63, 3.8) is 0 Å². The summed E-state index contributed by atoms with van der Waals surface area (Å²) in [6.45, 7) is -1.61. The van der Waals surface area contributed by atoms with Crippen molar-refractivity contribution in [3.8, 4) is 0 Å². The van der Waals surface area contributed by atoms with Crippen LogP contribution in [-0.2, 0) is 11.2 Å². The molecule has 106 valence electrons. The molecular weight excluding hydrogens is 266 g/mol. The highest BCUT2D eigenvalue weighted by Gasteiger charge is 2.20. The maximum atomic E-state index is 13.3. The van der Waals surface area contributed by atoms with E-state index in [1.807, 2.05) is 0 Å². The average Bonchev–Trinajstić information content (AvgIpc) is 2.34. The minimum absolute atomic E-state index is 0.206. The molecule has 19 heavy (non-hydrogen) atoms. The van der Waals surface area contributed by atoms with Crippen molar-refractivity contribution >= 4 is 5.91 Å². The van der Waals surface area contributed by atoms with E-state index in [9.17, 15) is 22.4 Å². The average molecular weight is 279 g/mol. The van der Waals surface area contributed by atoms with Crippen LogP contribution in [0.4, 0.5) is 17.6 Å². The van der Waals surface area contributed by atoms with Crippen LogP contribution in [0.15, 0.2) is 18.2 Å². The number of aliphatic hydroxyl groups excluding tert-OH is 1. The maximum Gasteiger partial charge on any atom is 0.255 e. The zero-order valence-electron chi connectivity index (χ0n) is 9.95. The summed E-state index contributed by atoms with van der Waals surface area (Å²) in [7, 11) is 0. The Kier molecular flexibility index (Phi) is 5.75. The lowest BCUT2D eigenvalue weighted by Gasteiger charge is -2.21. The maximum absolute atomic E-state index is 13.3. The van der Waals surface area contributed by atoms with E-state index < -0.39 is 43.5 Å². The van der Waals surface area contributed by atoms with Crippen LogP contribution in [-0.4, -0.2) is 42.0 Å². The van der Waals surface area contributed by atoms with Crippen LogP contribution in [0, 0.1) is 11.6 Å². The molecule has 1 aromatic rings. The standard InChI is InChI=1S/C12H13F4NO2/c13-9-3-1-2-8(12(9)16)6-11(19)17(4-5-18)7-10(14)15/h1-3,10,18H,4-7H2. The van der Waals surface area contributed by atoms with Gasteiger partial charge in [0.05, 0.1) is 19.6 Å². The summed E-state index contributed by atoms with van der Waals surface area (Å²) in [6.07, 6.45) is -3.29. The van der Waals surface area contributed by atoms with E-state index in [-0.39, 0.29) is 12.1 Å². The number of halogens is 4. The first kappa shape index (κ1) is 15.4. The first-order valence-corrected chi connectivity index (χ1v) is 5.55. The summed E-state index contributed by atoms with van der Waals surface area (Å²) in [5, 5.41) is 8.69. The van der Waals surface area contributed by atoms with Crippen LogP contribution < -0.4 is 0 Å². The lowest BCUT2D eigenvalue weighted by Crippen LogP contribution is -2.38. The lowest BCUT2D eigenvalue weighted by atomic mass is 10.1. The molecule has 0 fully saturated rings. The summed E-state index contributed by atoms with van der Waals surface area (Å²) in [5.74, 6) is -3.07. The molecule has 0 aliphatic carbocycles. The molecule has 0 heterocycles. The van der Waals surface area contributed by atoms with Gasteiger partial charge in [-0.3, -0.25) is 4.79 Å². The quantitative estimate of drug-likeness (QED) is 0.803. The van der Waals surface area contributed by atoms with Gasteiger partial charge in [0.1, 0.15) is 0 Å². The second kappa shape index (κ2) is 7.08. The Bertz CT molecular complexity index is 440. The fourth-order valence-corrected chi connectivity index (χ4v) is 1.56. The first-order valence-electron chi connectivity index (χ1n) is 5.55. The van der Waals surface area contributed by atoms with Gasteiger partial charge in [0.15, 0.2) is 11.6 Å². The van der Waals surface area contributed by atoms with Crippen LogP contribution >= 0.6 is 0 Å². The van der Waals surface area contributed by atoms with Gasteiger partial charge in [-0.2, -0.15) is 0 Å². The molecule has 1 N–H and O–H groups in total. The lowest BCUT2D eigenvalue weighted by molar-refractivity contribution is -0.133. The SMILES string of the molecule is O=C(Cc1cccc(F)c1F)N(CCO)CC(F)F. The first-order chi connectivity index (χ1) is 8.95. The summed E-state index contributed by atoms with van der Waals surface area (Å²) in [4.78, 5) is 12.4. The number of rotatable bonds is 6. The van der Waals surface area contributed by atoms with Crippen molar-refractivity contribution < 1.29 is 27.5 Å². The Balaban J connectivity index is 2.78. The van der Waals surface area contributed by atoms with Crippen molar-refractivity contribution in [2.45, 2.75) is 12.8 Å². The van der Waals surface area contributed by atoms with Crippen molar-refractivity contribution in [2.24, 2.45) is 0 Å². The summed E-state index contributed by atoms with van der Waals surface area (Å²) in [5.41, 5.74) is -0.206. The number of carbonyl (C=O) groups excluding carboxylic acids is 1. The molecule has 0 spiro atoms. The second-order valence-corrected chi connectivity index (χ2v) is 3.84. The molecule has 0 saturated carbocycles. The molecule has 0 bridgehead atoms. The Morgan fingerprint density at radius 1 is 1.32 bits per heavy atom. The van der Waals surface area contributed by atoms with E-state index in [2.05, 4.69) is 0 Å². The highest BCUT2D eigenvalue weighted by atomic mass is 19.3. The minimum atomic E-state index is -2.76. The van der Waals surface area contributed by atoms with Gasteiger partial charge in [-0.15, -0.1) is 0 Å². The highest BCUT2D eigenvalue weighted by Crippen LogP contribution is 2.13. The summed E-state index contributed by atoms with van der Waals surface area (Å²) >= 11 is 0. The van der Waals surface area contributed by atoms with Crippen LogP contribution in [0.25, 0.3) is 0 Å². The number of hydrogen-bond donors (Lipinski definition) is 1. The van der Waals surface area contributed by atoms with Crippen LogP contribution in [0.1, 0.15) is 5.56 Å². The Morgan fingerprint density at radius 2 is 2.00 bits per heavy atom. The molecule has 1 aromatic carbocycles. The van der Waals surface area contributed by atoms with E-state index in [1.54, 1.807) is 0 Å². The number of amides is 1. The predicted molar refractivity (Wildman–Crippen MR) is 59.7 cm³/mol. The number of carbonyl (C=O) groups is 1. The third kappa shape index (κ3) is 4.51. The summed E-state index contributed by atoms with van der Waals surface area (Å²) in [6, 6.07) is 3.33. The molecule has 0 aliphatic rings. The van der Waals surface area contributed by atoms with Gasteiger partial charge < -0.3 is 10.0 Å². The number of benzene rings is 1. The molecule has 1 rings (SSSR count). The number of hydrogen-bond acceptors (Lipinski definition) is 2. The van der Waals surface area contributed by atoms with Gasteiger partial charge in [-0.1, -0.05) is 12.1 Å². The molecular formula is C12H13F4NO2. The second-order valence-electron chi connectivity index (χ2n) is 3.84. The molecule has 0 aromatic heterocycles. The zero-order chi connectivity index (χ0) is 14.4. The zero-order valence-corrected chi connectivity index (χ0v) is 9.95. The van der Waals surface area contributed by atoms with Gasteiger partial charge in [-0.25, -0.2) is 17.6 Å². The molecule has 0 unspecified atom stereocenters. The molecule has 1 amide bonds. The number of aliphatic hydroxyl groups is 1. The highest BCUT2D eigenvalue weighted by molar-refractivity contribution is 5.78. The fourth-order valence-electron chi connectivity index (χ4n) is 1.56. The minimum Gasteiger partial charge on any atom is -0.395 e. The largest absolute Gasteiger partial charge is 0.395 e. The monoisotopic (exact) mass is 279 g/mol. The molecule has 3 nitrogen and oxygen atoms in total. The Hall–Kier alpha value is -1.63. The third-order valence-electron chi connectivity index (χ3n) is 2.45. The van der Waals surface area contributed by atoms with Crippen molar-refractivity contribution in [2.75, 3.05) is 19.7 Å². The molecule has 0 saturated heterocycles. The van der Waals surface area contributed by atoms with E-state index in [0.717, 1.165) is 11.0 Å². The predicted octanol–water partition coefficient (Wildman–Crippen LogP) is 1.59. The summed E-state index contributed by atoms with van der Waals surface area (Å²) < 4.78 is 50.7. The van der Waals surface area contributed by atoms with Gasteiger partial charge in [0.25, 0.3) is 6.43 Å². The number of alkyl halides is 2. The van der Waals surface area contributed by atoms with Crippen molar-refractivity contribution in [1.82, 2.24) is 4.90 Å². The third-order valence-corrected chi connectivity index (χ3v) is 2.45. The Morgan fingerprint density at radius 3 is 2.58 bits per heavy atom. The molecule has 0 aliphatic heterocycles. The van der Waals surface area contributed by atoms with Gasteiger partial charge >= 0.3 is 0 Å². The van der Waals surface area contributed by atoms with E-state index in [1.165, 1.54) is 12.1 Å². The molecule has 0 radical (unpaired) electrons. The fraction of sp³-hybridized carbons (Fsp3) is 0.417. The topological polar surface area (TPSA) is 40.5 Å². The smallest absolute Gasteiger partial charge is 0.255 e. The van der Waals surface area contributed by atoms with Crippen molar-refractivity contribution in [1.29, 1.82) is 0 Å². The van der Waals surface area contributed by atoms with Gasteiger partial charge in [0, 0.05) is 12.1 Å². The van der Waals surface area contributed by atoms with E-state index >= 15 is 0 Å². The van der Waals surface area contributed by atoms with Gasteiger partial charge in [-0.05, 0) is 6.07 Å². The number of nitrogens with zero attached hydrogens (tertiary/aromatic N) is 1. The Labute approximate surface area is 107 Å². The van der Waals surface area contributed by atoms with Crippen LogP contribution in [0.3, 0.4) is 0 Å². The van der Waals surface area contributed by atoms with E-state index in [4.69, 9.17) is 5.11 Å². The van der Waals surface area contributed by atoms with E-state index in [0.29, 0.717) is 0 Å².